The van der Waals surface area contributed by atoms with E-state index in [1.165, 1.54) is 0 Å². The Morgan fingerprint density at radius 1 is 1.35 bits per heavy atom. The van der Waals surface area contributed by atoms with Crippen molar-refractivity contribution in [1.29, 1.82) is 0 Å². The Bertz CT molecular complexity index is 498. The highest BCUT2D eigenvalue weighted by Gasteiger charge is 2.47. The molecule has 2 aliphatic rings. The van der Waals surface area contributed by atoms with Gasteiger partial charge in [0, 0.05) is 23.9 Å². The van der Waals surface area contributed by atoms with Crippen molar-refractivity contribution in [1.82, 2.24) is 4.90 Å². The van der Waals surface area contributed by atoms with Gasteiger partial charge in [0.25, 0.3) is 0 Å². The predicted molar refractivity (Wildman–Crippen MR) is 90.8 cm³/mol. The number of nitrogens with zero attached hydrogens (tertiary/aromatic N) is 1. The standard InChI is InChI=1S/C19H31NO3/c1-6-11-19(22,15-9-7-8-10-15)17(21)23-16-12-14(2)20(5)18(3,4)13-16/h14-16,22H,7-10,12-13H2,1-5H3/t14-,16+,19-/m0/s1. The van der Waals surface area contributed by atoms with E-state index in [4.69, 9.17) is 4.74 Å². The molecule has 0 aromatic carbocycles. The van der Waals surface area contributed by atoms with Crippen LogP contribution in [0.1, 0.15) is 66.2 Å². The molecule has 1 saturated heterocycles. The first-order valence-corrected chi connectivity index (χ1v) is 8.81. The fraction of sp³-hybridized carbons (Fsp3) is 0.842. The molecule has 3 atom stereocenters. The summed E-state index contributed by atoms with van der Waals surface area (Å²) in [5.41, 5.74) is -1.66. The first-order chi connectivity index (χ1) is 10.7. The minimum atomic E-state index is -1.64. The SMILES string of the molecule is CC#C[C@@](O)(C(=O)O[C@@H]1C[C@H](C)N(C)C(C)(C)C1)C1CCCC1. The van der Waals surface area contributed by atoms with Crippen molar-refractivity contribution in [2.75, 3.05) is 7.05 Å². The van der Waals surface area contributed by atoms with Crippen LogP contribution in [0.4, 0.5) is 0 Å². The van der Waals surface area contributed by atoms with Gasteiger partial charge in [-0.1, -0.05) is 18.8 Å². The van der Waals surface area contributed by atoms with E-state index < -0.39 is 11.6 Å². The maximum atomic E-state index is 12.7. The number of likely N-dealkylation sites (tertiary alicyclic amines) is 1. The van der Waals surface area contributed by atoms with Gasteiger partial charge in [0.15, 0.2) is 0 Å². The molecule has 4 heteroatoms. The lowest BCUT2D eigenvalue weighted by atomic mass is 9.84. The molecule has 0 unspecified atom stereocenters. The zero-order valence-electron chi connectivity index (χ0n) is 15.2. The highest BCUT2D eigenvalue weighted by atomic mass is 16.6. The van der Waals surface area contributed by atoms with E-state index in [2.05, 4.69) is 44.6 Å². The molecular weight excluding hydrogens is 290 g/mol. The topological polar surface area (TPSA) is 49.8 Å². The van der Waals surface area contributed by atoms with Crippen LogP contribution in [0.2, 0.25) is 0 Å². The van der Waals surface area contributed by atoms with Crippen molar-refractivity contribution in [3.05, 3.63) is 0 Å². The Morgan fingerprint density at radius 3 is 2.48 bits per heavy atom. The molecule has 1 aliphatic carbocycles. The second kappa shape index (κ2) is 6.83. The lowest BCUT2D eigenvalue weighted by Crippen LogP contribution is -2.55. The molecule has 0 aromatic rings. The van der Waals surface area contributed by atoms with E-state index in [1.807, 2.05) is 0 Å². The van der Waals surface area contributed by atoms with Crippen LogP contribution in [0.15, 0.2) is 0 Å². The number of hydrogen-bond donors (Lipinski definition) is 1. The monoisotopic (exact) mass is 321 g/mol. The van der Waals surface area contributed by atoms with Crippen LogP contribution in [-0.2, 0) is 9.53 Å². The van der Waals surface area contributed by atoms with Crippen LogP contribution in [0.5, 0.6) is 0 Å². The van der Waals surface area contributed by atoms with Crippen LogP contribution in [-0.4, -0.2) is 46.3 Å². The highest BCUT2D eigenvalue weighted by molar-refractivity contribution is 5.84. The van der Waals surface area contributed by atoms with E-state index in [0.29, 0.717) is 6.04 Å². The van der Waals surface area contributed by atoms with Crippen molar-refractivity contribution in [3.63, 3.8) is 0 Å². The van der Waals surface area contributed by atoms with Crippen molar-refractivity contribution in [3.8, 4) is 11.8 Å². The third-order valence-corrected chi connectivity index (χ3v) is 5.79. The number of hydrogen-bond acceptors (Lipinski definition) is 4. The molecule has 0 spiro atoms. The number of rotatable bonds is 3. The van der Waals surface area contributed by atoms with Gasteiger partial charge >= 0.3 is 5.97 Å². The maximum Gasteiger partial charge on any atom is 0.351 e. The first kappa shape index (κ1) is 18.3. The highest BCUT2D eigenvalue weighted by Crippen LogP contribution is 2.37. The molecule has 0 bridgehead atoms. The summed E-state index contributed by atoms with van der Waals surface area (Å²) in [6.45, 7) is 8.14. The maximum absolute atomic E-state index is 12.7. The van der Waals surface area contributed by atoms with Crippen molar-refractivity contribution >= 4 is 5.97 Å². The summed E-state index contributed by atoms with van der Waals surface area (Å²) in [5, 5.41) is 10.9. The summed E-state index contributed by atoms with van der Waals surface area (Å²) < 4.78 is 5.76. The number of carbonyl (C=O) groups excluding carboxylic acids is 1. The van der Waals surface area contributed by atoms with Gasteiger partial charge in [0.05, 0.1) is 0 Å². The number of carbonyl (C=O) groups is 1. The summed E-state index contributed by atoms with van der Waals surface area (Å²) in [4.78, 5) is 15.0. The minimum Gasteiger partial charge on any atom is -0.459 e. The van der Waals surface area contributed by atoms with Crippen LogP contribution in [0.3, 0.4) is 0 Å². The molecule has 2 rings (SSSR count). The second-order valence-electron chi connectivity index (χ2n) is 7.86. The zero-order valence-corrected chi connectivity index (χ0v) is 15.2. The van der Waals surface area contributed by atoms with E-state index in [1.54, 1.807) is 6.92 Å². The molecule has 1 aliphatic heterocycles. The lowest BCUT2D eigenvalue weighted by molar-refractivity contribution is -0.175. The van der Waals surface area contributed by atoms with Gasteiger partial charge in [0.2, 0.25) is 5.60 Å². The molecule has 0 amide bonds. The average molecular weight is 321 g/mol. The summed E-state index contributed by atoms with van der Waals surface area (Å²) in [7, 11) is 2.11. The fourth-order valence-electron chi connectivity index (χ4n) is 4.10. The molecule has 1 N–H and O–H groups in total. The smallest absolute Gasteiger partial charge is 0.351 e. The molecule has 4 nitrogen and oxygen atoms in total. The van der Waals surface area contributed by atoms with Gasteiger partial charge in [-0.05, 0) is 54.0 Å². The van der Waals surface area contributed by atoms with Gasteiger partial charge in [-0.3, -0.25) is 4.90 Å². The molecule has 0 radical (unpaired) electrons. The quantitative estimate of drug-likeness (QED) is 0.641. The van der Waals surface area contributed by atoms with Gasteiger partial charge < -0.3 is 9.84 Å². The van der Waals surface area contributed by atoms with Crippen molar-refractivity contribution in [2.24, 2.45) is 5.92 Å². The predicted octanol–water partition coefficient (Wildman–Crippen LogP) is 2.74. The molecule has 0 aromatic heterocycles. The molecular formula is C19H31NO3. The van der Waals surface area contributed by atoms with E-state index in [-0.39, 0.29) is 17.6 Å². The number of piperidine rings is 1. The van der Waals surface area contributed by atoms with E-state index in [0.717, 1.165) is 38.5 Å². The normalized spacial score (nSPS) is 31.0. The summed E-state index contributed by atoms with van der Waals surface area (Å²) in [6.07, 6.45) is 5.19. The molecule has 1 heterocycles. The number of ether oxygens (including phenoxy) is 1. The largest absolute Gasteiger partial charge is 0.459 e. The third-order valence-electron chi connectivity index (χ3n) is 5.79. The van der Waals surface area contributed by atoms with Gasteiger partial charge in [-0.15, -0.1) is 5.92 Å². The summed E-state index contributed by atoms with van der Waals surface area (Å²) in [6, 6.07) is 0.341. The molecule has 2 fully saturated rings. The van der Waals surface area contributed by atoms with Crippen LogP contribution in [0, 0.1) is 17.8 Å². The van der Waals surface area contributed by atoms with E-state index in [9.17, 15) is 9.90 Å². The Kier molecular flexibility index (Phi) is 5.43. The summed E-state index contributed by atoms with van der Waals surface area (Å²) >= 11 is 0. The number of aliphatic hydroxyl groups is 1. The lowest BCUT2D eigenvalue weighted by Gasteiger charge is -2.47. The van der Waals surface area contributed by atoms with Crippen molar-refractivity contribution in [2.45, 2.75) is 89.5 Å². The number of esters is 1. The Morgan fingerprint density at radius 2 is 1.96 bits per heavy atom. The van der Waals surface area contributed by atoms with Crippen LogP contribution >= 0.6 is 0 Å². The van der Waals surface area contributed by atoms with Crippen LogP contribution in [0.25, 0.3) is 0 Å². The Hall–Kier alpha value is -1.05. The third kappa shape index (κ3) is 3.72. The van der Waals surface area contributed by atoms with Crippen LogP contribution < -0.4 is 0 Å². The minimum absolute atomic E-state index is 0.0233. The molecule has 23 heavy (non-hydrogen) atoms. The summed E-state index contributed by atoms with van der Waals surface area (Å²) in [5.74, 6) is 4.83. The second-order valence-corrected chi connectivity index (χ2v) is 7.86. The Labute approximate surface area is 140 Å². The van der Waals surface area contributed by atoms with E-state index >= 15 is 0 Å². The Balaban J connectivity index is 2.11. The van der Waals surface area contributed by atoms with Gasteiger partial charge in [-0.25, -0.2) is 4.79 Å². The van der Waals surface area contributed by atoms with Gasteiger partial charge in [-0.2, -0.15) is 0 Å². The van der Waals surface area contributed by atoms with Crippen molar-refractivity contribution < 1.29 is 14.6 Å². The molecule has 130 valence electrons. The van der Waals surface area contributed by atoms with Gasteiger partial charge in [0.1, 0.15) is 6.10 Å². The molecule has 1 saturated carbocycles. The first-order valence-electron chi connectivity index (χ1n) is 8.81. The fourth-order valence-corrected chi connectivity index (χ4v) is 4.10. The zero-order chi connectivity index (χ0) is 17.3. The average Bonchev–Trinajstić information content (AvgIpc) is 2.99.